The molecule has 3 aliphatic carbocycles. The number of rotatable bonds is 11. The monoisotopic (exact) mass is 745 g/mol. The molecule has 290 valence electrons. The summed E-state index contributed by atoms with van der Waals surface area (Å²) >= 11 is 0. The molecule has 0 saturated heterocycles. The highest BCUT2D eigenvalue weighted by molar-refractivity contribution is 6.75. The van der Waals surface area contributed by atoms with Crippen LogP contribution in [-0.4, -0.2) is 43.8 Å². The van der Waals surface area contributed by atoms with E-state index in [2.05, 4.69) is 148 Å². The molecule has 50 heavy (non-hydrogen) atoms. The first-order valence-electron chi connectivity index (χ1n) is 20.6. The van der Waals surface area contributed by atoms with E-state index in [0.29, 0.717) is 10.8 Å². The first-order valence-corrected chi connectivity index (χ1v) is 29.3. The molecule has 5 atom stereocenters. The highest BCUT2D eigenvalue weighted by Crippen LogP contribution is 2.62. The van der Waals surface area contributed by atoms with Crippen LogP contribution in [0.5, 0.6) is 0 Å². The van der Waals surface area contributed by atoms with Crippen molar-refractivity contribution >= 4 is 25.0 Å². The van der Waals surface area contributed by atoms with Gasteiger partial charge >= 0.3 is 0 Å². The lowest BCUT2D eigenvalue weighted by Crippen LogP contribution is -2.50. The third-order valence-electron chi connectivity index (χ3n) is 15.2. The summed E-state index contributed by atoms with van der Waals surface area (Å²) in [5.41, 5.74) is 5.45. The van der Waals surface area contributed by atoms with Gasteiger partial charge in [-0.2, -0.15) is 0 Å². The Kier molecular flexibility index (Phi) is 13.7. The van der Waals surface area contributed by atoms with E-state index in [-0.39, 0.29) is 27.3 Å². The fourth-order valence-corrected chi connectivity index (χ4v) is 12.1. The van der Waals surface area contributed by atoms with E-state index >= 15 is 0 Å². The summed E-state index contributed by atoms with van der Waals surface area (Å²) < 4.78 is 21.5. The highest BCUT2D eigenvalue weighted by atomic mass is 28.4. The van der Waals surface area contributed by atoms with Crippen molar-refractivity contribution in [2.24, 2.45) is 22.7 Å². The Morgan fingerprint density at radius 1 is 0.720 bits per heavy atom. The zero-order valence-electron chi connectivity index (χ0n) is 36.8. The predicted molar refractivity (Wildman–Crippen MR) is 228 cm³/mol. The van der Waals surface area contributed by atoms with E-state index < -0.39 is 25.0 Å². The molecule has 0 radical (unpaired) electrons. The molecule has 3 fully saturated rings. The third-order valence-corrected chi connectivity index (χ3v) is 28.8. The molecule has 3 saturated carbocycles. The average molecular weight is 745 g/mol. The van der Waals surface area contributed by atoms with Crippen molar-refractivity contribution < 1.29 is 13.3 Å². The van der Waals surface area contributed by atoms with E-state index in [4.69, 9.17) is 13.3 Å². The number of allylic oxidation sites excluding steroid dienone is 3. The first-order chi connectivity index (χ1) is 22.5. The predicted octanol–water partition coefficient (Wildman–Crippen LogP) is 14.4. The van der Waals surface area contributed by atoms with Gasteiger partial charge in [0.1, 0.15) is 0 Å². The molecule has 0 amide bonds. The van der Waals surface area contributed by atoms with Crippen molar-refractivity contribution in [3.8, 4) is 0 Å². The second-order valence-electron chi connectivity index (χ2n) is 22.2. The fraction of sp³-hybridized carbons (Fsp3) is 0.864. The Labute approximate surface area is 315 Å². The summed E-state index contributed by atoms with van der Waals surface area (Å²) in [7, 11) is -5.93. The molecule has 0 N–H and O–H groups in total. The topological polar surface area (TPSA) is 27.7 Å². The smallest absolute Gasteiger partial charge is 0.192 e. The van der Waals surface area contributed by atoms with Crippen LogP contribution in [0.4, 0.5) is 0 Å². The second kappa shape index (κ2) is 15.5. The molecular formula is C44H84O3Si3. The van der Waals surface area contributed by atoms with Crippen LogP contribution in [0.2, 0.25) is 54.4 Å². The van der Waals surface area contributed by atoms with Crippen LogP contribution in [0.25, 0.3) is 0 Å². The lowest BCUT2D eigenvalue weighted by atomic mass is 9.57. The molecule has 0 spiro atoms. The molecule has 3 nitrogen and oxygen atoms in total. The largest absolute Gasteiger partial charge is 0.417 e. The molecular weight excluding hydrogens is 661 g/mol. The molecule has 3 rings (SSSR count). The minimum Gasteiger partial charge on any atom is -0.417 e. The van der Waals surface area contributed by atoms with E-state index in [1.807, 2.05) is 0 Å². The molecule has 3 aliphatic rings. The molecule has 0 aliphatic heterocycles. The molecule has 2 unspecified atom stereocenters. The second-order valence-corrected chi connectivity index (χ2v) is 36.5. The van der Waals surface area contributed by atoms with Crippen LogP contribution in [0.3, 0.4) is 0 Å². The van der Waals surface area contributed by atoms with Gasteiger partial charge in [-0.3, -0.25) is 0 Å². The van der Waals surface area contributed by atoms with Gasteiger partial charge < -0.3 is 13.3 Å². The lowest BCUT2D eigenvalue weighted by molar-refractivity contribution is 0.0435. The maximum atomic E-state index is 7.42. The first kappa shape index (κ1) is 44.1. The molecule has 0 heterocycles. The van der Waals surface area contributed by atoms with Crippen molar-refractivity contribution in [3.63, 3.8) is 0 Å². The average Bonchev–Trinajstić information content (AvgIpc) is 3.31. The Bertz CT molecular complexity index is 1210. The standard InChI is InChI=1S/C44H84O3Si3/c1-20-43(11,12)39-28-27-36-34(23-21-29-44(36,39)13)26-25-33-31-37(46-49(16,17)41(5,6)7)35(24-22-30-45-48(14,15)40(2,3)4)38(32-33)47-50(18,19)42(8,9)10/h24-26,36-39H,20-23,27-32H2,1-19H3/b33-25?,34-26+,35-24?/t36?,37-,38+,39?,44-/m0/s1. The van der Waals surface area contributed by atoms with Gasteiger partial charge in [0.05, 0.1) is 12.2 Å². The van der Waals surface area contributed by atoms with E-state index in [0.717, 1.165) is 37.7 Å². The quantitative estimate of drug-likeness (QED) is 0.120. The van der Waals surface area contributed by atoms with Gasteiger partial charge in [-0.15, -0.1) is 0 Å². The third kappa shape index (κ3) is 9.89. The molecule has 6 heteroatoms. The van der Waals surface area contributed by atoms with Gasteiger partial charge in [0, 0.05) is 6.61 Å². The minimum atomic E-state index is -2.06. The van der Waals surface area contributed by atoms with E-state index in [9.17, 15) is 0 Å². The summed E-state index contributed by atoms with van der Waals surface area (Å²) in [6, 6.07) is 0. The lowest BCUT2D eigenvalue weighted by Gasteiger charge is -2.48. The van der Waals surface area contributed by atoms with Crippen molar-refractivity contribution in [1.29, 1.82) is 0 Å². The normalized spacial score (nSPS) is 30.4. The highest BCUT2D eigenvalue weighted by Gasteiger charge is 2.53. The van der Waals surface area contributed by atoms with Crippen molar-refractivity contribution in [3.05, 3.63) is 34.9 Å². The summed E-state index contributed by atoms with van der Waals surface area (Å²) in [6.07, 6.45) is 18.6. The zero-order chi connectivity index (χ0) is 38.4. The number of hydrogen-bond acceptors (Lipinski definition) is 3. The number of fused-ring (bicyclic) bond motifs is 1. The summed E-state index contributed by atoms with van der Waals surface area (Å²) in [6.45, 7) is 46.5. The summed E-state index contributed by atoms with van der Waals surface area (Å²) in [5.74, 6) is 1.54. The van der Waals surface area contributed by atoms with Crippen LogP contribution in [-0.2, 0) is 13.3 Å². The van der Waals surface area contributed by atoms with E-state index in [1.165, 1.54) is 49.7 Å². The molecule has 0 bridgehead atoms. The van der Waals surface area contributed by atoms with Crippen LogP contribution >= 0.6 is 0 Å². The van der Waals surface area contributed by atoms with Gasteiger partial charge in [-0.1, -0.05) is 126 Å². The fourth-order valence-electron chi connectivity index (χ4n) is 8.44. The zero-order valence-corrected chi connectivity index (χ0v) is 39.8. The Morgan fingerprint density at radius 3 is 1.68 bits per heavy atom. The maximum absolute atomic E-state index is 7.42. The summed E-state index contributed by atoms with van der Waals surface area (Å²) in [5, 5.41) is 0.490. The molecule has 0 aromatic rings. The van der Waals surface area contributed by atoms with Crippen LogP contribution in [0.1, 0.15) is 148 Å². The molecule has 0 aromatic carbocycles. The van der Waals surface area contributed by atoms with Crippen molar-refractivity contribution in [1.82, 2.24) is 0 Å². The van der Waals surface area contributed by atoms with Crippen LogP contribution in [0, 0.1) is 22.7 Å². The van der Waals surface area contributed by atoms with E-state index in [1.54, 1.807) is 5.57 Å². The number of hydrogen-bond donors (Lipinski definition) is 0. The van der Waals surface area contributed by atoms with Crippen LogP contribution < -0.4 is 0 Å². The Morgan fingerprint density at radius 2 is 1.22 bits per heavy atom. The van der Waals surface area contributed by atoms with Gasteiger partial charge in [-0.25, -0.2) is 0 Å². The van der Waals surface area contributed by atoms with Crippen LogP contribution in [0.15, 0.2) is 34.9 Å². The molecule has 0 aromatic heterocycles. The SMILES string of the molecule is CCC(C)(C)C1CCC2/C(=C/C=C3C[C@H](O[Si](C)(C)C(C)(C)C)C(=CCCO[Si](C)(C)C(C)(C)C)[C@H](O[Si](C)(C)C(C)(C)C)C3)CCC[C@@]21C. The Hall–Kier alpha value is -0.249. The minimum absolute atomic E-state index is 0.0507. The van der Waals surface area contributed by atoms with Crippen molar-refractivity contribution in [2.45, 2.75) is 214 Å². The van der Waals surface area contributed by atoms with Gasteiger partial charge in [0.15, 0.2) is 25.0 Å². The van der Waals surface area contributed by atoms with Gasteiger partial charge in [0.25, 0.3) is 0 Å². The summed E-state index contributed by atoms with van der Waals surface area (Å²) in [4.78, 5) is 0. The van der Waals surface area contributed by atoms with Crippen molar-refractivity contribution in [2.75, 3.05) is 6.61 Å². The van der Waals surface area contributed by atoms with Gasteiger partial charge in [0.2, 0.25) is 0 Å². The van der Waals surface area contributed by atoms with Gasteiger partial charge in [-0.05, 0) is 134 Å². The maximum Gasteiger partial charge on any atom is 0.192 e. The Balaban J connectivity index is 2.05.